The maximum atomic E-state index is 12.6. The summed E-state index contributed by atoms with van der Waals surface area (Å²) in [6.07, 6.45) is 1.77. The molecule has 0 aromatic heterocycles. The molecule has 0 spiro atoms. The standard InChI is InChI=1S/C17H23N3O4/c1-12-6-8-13(9-7-12)20-11-3-4-14(16(20)23)19-17(24)18-10-2-5-15(21)22/h6-9,14H,2-5,10-11H2,1H3,(H,21,22)(H2,18,19,24). The Balaban J connectivity index is 1.86. The van der Waals surface area contributed by atoms with Gasteiger partial charge in [0.15, 0.2) is 0 Å². The molecule has 0 bridgehead atoms. The Morgan fingerprint density at radius 2 is 2.00 bits per heavy atom. The number of piperidine rings is 1. The lowest BCUT2D eigenvalue weighted by Gasteiger charge is -2.32. The van der Waals surface area contributed by atoms with E-state index >= 15 is 0 Å². The van der Waals surface area contributed by atoms with Crippen LogP contribution in [0.2, 0.25) is 0 Å². The summed E-state index contributed by atoms with van der Waals surface area (Å²) in [6.45, 7) is 2.89. The molecular formula is C17H23N3O4. The number of hydrogen-bond donors (Lipinski definition) is 3. The Morgan fingerprint density at radius 3 is 2.67 bits per heavy atom. The molecule has 1 aromatic rings. The lowest BCUT2D eigenvalue weighted by molar-refractivity contribution is -0.137. The van der Waals surface area contributed by atoms with Gasteiger partial charge >= 0.3 is 12.0 Å². The fourth-order valence-electron chi connectivity index (χ4n) is 2.64. The summed E-state index contributed by atoms with van der Waals surface area (Å²) in [5.41, 5.74) is 1.96. The van der Waals surface area contributed by atoms with Crippen LogP contribution in [0.1, 0.15) is 31.2 Å². The summed E-state index contributed by atoms with van der Waals surface area (Å²) in [5, 5.41) is 13.8. The number of anilines is 1. The molecule has 1 aliphatic heterocycles. The van der Waals surface area contributed by atoms with Crippen molar-refractivity contribution in [2.75, 3.05) is 18.0 Å². The van der Waals surface area contributed by atoms with Crippen LogP contribution in [0.4, 0.5) is 10.5 Å². The summed E-state index contributed by atoms with van der Waals surface area (Å²) in [7, 11) is 0. The van der Waals surface area contributed by atoms with E-state index in [1.165, 1.54) is 0 Å². The lowest BCUT2D eigenvalue weighted by atomic mass is 10.0. The molecule has 1 heterocycles. The van der Waals surface area contributed by atoms with Gasteiger partial charge in [-0.05, 0) is 38.3 Å². The Morgan fingerprint density at radius 1 is 1.29 bits per heavy atom. The van der Waals surface area contributed by atoms with Crippen molar-refractivity contribution < 1.29 is 19.5 Å². The van der Waals surface area contributed by atoms with Crippen LogP contribution in [-0.4, -0.2) is 42.1 Å². The van der Waals surface area contributed by atoms with Gasteiger partial charge in [-0.1, -0.05) is 17.7 Å². The fraction of sp³-hybridized carbons (Fsp3) is 0.471. The second kappa shape index (κ2) is 8.33. The summed E-state index contributed by atoms with van der Waals surface area (Å²) >= 11 is 0. The van der Waals surface area contributed by atoms with E-state index in [2.05, 4.69) is 10.6 Å². The predicted molar refractivity (Wildman–Crippen MR) is 90.0 cm³/mol. The summed E-state index contributed by atoms with van der Waals surface area (Å²) in [6, 6.07) is 6.72. The largest absolute Gasteiger partial charge is 0.481 e. The zero-order valence-electron chi connectivity index (χ0n) is 13.7. The van der Waals surface area contributed by atoms with E-state index in [9.17, 15) is 14.4 Å². The number of nitrogens with one attached hydrogen (secondary N) is 2. The number of carbonyl (C=O) groups excluding carboxylic acids is 2. The Labute approximate surface area is 141 Å². The number of carbonyl (C=O) groups is 3. The van der Waals surface area contributed by atoms with Gasteiger partial charge < -0.3 is 20.6 Å². The highest BCUT2D eigenvalue weighted by Crippen LogP contribution is 2.21. The predicted octanol–water partition coefficient (Wildman–Crippen LogP) is 1.65. The average Bonchev–Trinajstić information content (AvgIpc) is 2.54. The van der Waals surface area contributed by atoms with Crippen LogP contribution in [0, 0.1) is 6.92 Å². The first-order valence-electron chi connectivity index (χ1n) is 8.11. The van der Waals surface area contributed by atoms with Crippen LogP contribution < -0.4 is 15.5 Å². The number of hydrogen-bond acceptors (Lipinski definition) is 3. The van der Waals surface area contributed by atoms with E-state index in [1.54, 1.807) is 4.90 Å². The quantitative estimate of drug-likeness (QED) is 0.689. The zero-order valence-corrected chi connectivity index (χ0v) is 13.7. The number of rotatable bonds is 6. The van der Waals surface area contributed by atoms with Crippen molar-refractivity contribution in [2.24, 2.45) is 0 Å². The smallest absolute Gasteiger partial charge is 0.315 e. The Kier molecular flexibility index (Phi) is 6.17. The molecule has 3 N–H and O–H groups in total. The molecule has 3 amide bonds. The Hall–Kier alpha value is -2.57. The van der Waals surface area contributed by atoms with Crippen molar-refractivity contribution in [3.8, 4) is 0 Å². The summed E-state index contributed by atoms with van der Waals surface area (Å²) in [5.74, 6) is -1.01. The molecule has 1 fully saturated rings. The number of benzene rings is 1. The molecule has 7 nitrogen and oxygen atoms in total. The third-order valence-corrected chi connectivity index (χ3v) is 3.94. The monoisotopic (exact) mass is 333 g/mol. The molecule has 1 saturated heterocycles. The van der Waals surface area contributed by atoms with Gasteiger partial charge in [-0.25, -0.2) is 4.79 Å². The third-order valence-electron chi connectivity index (χ3n) is 3.94. The topological polar surface area (TPSA) is 98.7 Å². The fourth-order valence-corrected chi connectivity index (χ4v) is 2.64. The number of carboxylic acids is 1. The number of nitrogens with zero attached hydrogens (tertiary/aromatic N) is 1. The third kappa shape index (κ3) is 4.97. The van der Waals surface area contributed by atoms with Crippen molar-refractivity contribution in [2.45, 2.75) is 38.6 Å². The summed E-state index contributed by atoms with van der Waals surface area (Å²) in [4.78, 5) is 36.5. The van der Waals surface area contributed by atoms with E-state index in [0.29, 0.717) is 19.4 Å². The van der Waals surface area contributed by atoms with Crippen LogP contribution in [0.3, 0.4) is 0 Å². The molecule has 0 saturated carbocycles. The SMILES string of the molecule is Cc1ccc(N2CCCC(NC(=O)NCCCC(=O)O)C2=O)cc1. The number of aliphatic carboxylic acids is 1. The molecule has 1 aromatic carbocycles. The van der Waals surface area contributed by atoms with Crippen LogP contribution in [0.5, 0.6) is 0 Å². The van der Waals surface area contributed by atoms with E-state index < -0.39 is 18.0 Å². The zero-order chi connectivity index (χ0) is 17.5. The van der Waals surface area contributed by atoms with E-state index in [0.717, 1.165) is 17.7 Å². The van der Waals surface area contributed by atoms with Crippen LogP contribution in [0.15, 0.2) is 24.3 Å². The van der Waals surface area contributed by atoms with E-state index in [-0.39, 0.29) is 18.9 Å². The maximum Gasteiger partial charge on any atom is 0.315 e. The van der Waals surface area contributed by atoms with Gasteiger partial charge in [-0.3, -0.25) is 9.59 Å². The Bertz CT molecular complexity index is 600. The van der Waals surface area contributed by atoms with Crippen molar-refractivity contribution in [3.63, 3.8) is 0 Å². The van der Waals surface area contributed by atoms with E-state index in [4.69, 9.17) is 5.11 Å². The first-order valence-corrected chi connectivity index (χ1v) is 8.11. The molecule has 1 aliphatic rings. The number of urea groups is 1. The van der Waals surface area contributed by atoms with Crippen molar-refractivity contribution >= 4 is 23.6 Å². The highest BCUT2D eigenvalue weighted by molar-refractivity contribution is 5.99. The number of carboxylic acid groups (broad SMARTS) is 1. The highest BCUT2D eigenvalue weighted by Gasteiger charge is 2.30. The minimum absolute atomic E-state index is 0.00381. The minimum Gasteiger partial charge on any atom is -0.481 e. The molecule has 1 atom stereocenters. The van der Waals surface area contributed by atoms with Crippen LogP contribution >= 0.6 is 0 Å². The molecule has 7 heteroatoms. The molecule has 0 aliphatic carbocycles. The molecule has 0 radical (unpaired) electrons. The molecular weight excluding hydrogens is 310 g/mol. The van der Waals surface area contributed by atoms with Crippen molar-refractivity contribution in [3.05, 3.63) is 29.8 Å². The first-order chi connectivity index (χ1) is 11.5. The molecule has 24 heavy (non-hydrogen) atoms. The average molecular weight is 333 g/mol. The van der Waals surface area contributed by atoms with Crippen LogP contribution in [-0.2, 0) is 9.59 Å². The van der Waals surface area contributed by atoms with Gasteiger partial charge in [0, 0.05) is 25.2 Å². The van der Waals surface area contributed by atoms with Gasteiger partial charge in [0.2, 0.25) is 5.91 Å². The molecule has 130 valence electrons. The number of amides is 3. The van der Waals surface area contributed by atoms with E-state index in [1.807, 2.05) is 31.2 Å². The van der Waals surface area contributed by atoms with Gasteiger partial charge in [-0.15, -0.1) is 0 Å². The lowest BCUT2D eigenvalue weighted by Crippen LogP contribution is -2.54. The molecule has 2 rings (SSSR count). The van der Waals surface area contributed by atoms with Crippen molar-refractivity contribution in [1.29, 1.82) is 0 Å². The van der Waals surface area contributed by atoms with Gasteiger partial charge in [0.05, 0.1) is 0 Å². The second-order valence-electron chi connectivity index (χ2n) is 5.92. The van der Waals surface area contributed by atoms with Crippen LogP contribution in [0.25, 0.3) is 0 Å². The minimum atomic E-state index is -0.895. The second-order valence-corrected chi connectivity index (χ2v) is 5.92. The molecule has 1 unspecified atom stereocenters. The van der Waals surface area contributed by atoms with Gasteiger partial charge in [0.25, 0.3) is 0 Å². The number of aryl methyl sites for hydroxylation is 1. The first kappa shape index (κ1) is 17.8. The van der Waals surface area contributed by atoms with Gasteiger partial charge in [-0.2, -0.15) is 0 Å². The maximum absolute atomic E-state index is 12.6. The van der Waals surface area contributed by atoms with Gasteiger partial charge in [0.1, 0.15) is 6.04 Å². The van der Waals surface area contributed by atoms with Crippen molar-refractivity contribution in [1.82, 2.24) is 10.6 Å². The highest BCUT2D eigenvalue weighted by atomic mass is 16.4. The summed E-state index contributed by atoms with van der Waals surface area (Å²) < 4.78 is 0. The normalized spacial score (nSPS) is 17.5.